The van der Waals surface area contributed by atoms with Crippen molar-refractivity contribution < 1.29 is 14.0 Å². The maximum atomic E-state index is 13.0. The highest BCUT2D eigenvalue weighted by atomic mass is 19.1. The molecule has 1 aliphatic carbocycles. The average Bonchev–Trinajstić information content (AvgIpc) is 3.05. The van der Waals surface area contributed by atoms with Gasteiger partial charge in [-0.25, -0.2) is 4.39 Å². The van der Waals surface area contributed by atoms with E-state index in [4.69, 9.17) is 4.84 Å². The van der Waals surface area contributed by atoms with Crippen LogP contribution in [0, 0.1) is 5.82 Å². The maximum absolute atomic E-state index is 13.0. The van der Waals surface area contributed by atoms with Crippen molar-refractivity contribution in [3.8, 4) is 0 Å². The van der Waals surface area contributed by atoms with Crippen LogP contribution < -0.4 is 0 Å². The Morgan fingerprint density at radius 3 is 2.59 bits per heavy atom. The zero-order chi connectivity index (χ0) is 15.5. The fourth-order valence-electron chi connectivity index (χ4n) is 3.20. The predicted molar refractivity (Wildman–Crippen MR) is 82.1 cm³/mol. The van der Waals surface area contributed by atoms with Crippen molar-refractivity contribution in [3.63, 3.8) is 0 Å². The number of likely N-dealkylation sites (N-methyl/N-ethyl adjacent to an activating group) is 1. The summed E-state index contributed by atoms with van der Waals surface area (Å²) in [4.78, 5) is 19.7. The van der Waals surface area contributed by atoms with Gasteiger partial charge in [0.2, 0.25) is 6.10 Å². The minimum atomic E-state index is -0.549. The minimum absolute atomic E-state index is 0.00670. The molecule has 1 aromatic carbocycles. The van der Waals surface area contributed by atoms with E-state index in [0.29, 0.717) is 18.2 Å². The van der Waals surface area contributed by atoms with Crippen molar-refractivity contribution >= 4 is 11.6 Å². The molecule has 4 nitrogen and oxygen atoms in total. The van der Waals surface area contributed by atoms with Gasteiger partial charge in [-0.2, -0.15) is 0 Å². The van der Waals surface area contributed by atoms with Crippen LogP contribution in [0.3, 0.4) is 0 Å². The molecular weight excluding hydrogens is 283 g/mol. The van der Waals surface area contributed by atoms with Crippen LogP contribution >= 0.6 is 0 Å². The Balaban J connectivity index is 1.60. The molecular formula is C17H21FN2O2. The van der Waals surface area contributed by atoms with Gasteiger partial charge >= 0.3 is 0 Å². The largest absolute Gasteiger partial charge is 0.382 e. The van der Waals surface area contributed by atoms with Crippen LogP contribution in [-0.2, 0) is 9.63 Å². The van der Waals surface area contributed by atoms with Gasteiger partial charge in [0.25, 0.3) is 5.91 Å². The summed E-state index contributed by atoms with van der Waals surface area (Å²) in [6, 6.07) is 6.42. The SMILES string of the molecule is CN(C(=O)[C@H]1CC(c2ccc(F)cc2)=NO1)C1CCCCC1. The molecule has 22 heavy (non-hydrogen) atoms. The third-order valence-corrected chi connectivity index (χ3v) is 4.59. The third kappa shape index (κ3) is 3.13. The van der Waals surface area contributed by atoms with E-state index in [-0.39, 0.29) is 11.7 Å². The van der Waals surface area contributed by atoms with Gasteiger partial charge in [0, 0.05) is 19.5 Å². The summed E-state index contributed by atoms with van der Waals surface area (Å²) in [5, 5.41) is 4.01. The summed E-state index contributed by atoms with van der Waals surface area (Å²) < 4.78 is 13.0. The van der Waals surface area contributed by atoms with Gasteiger partial charge in [0.15, 0.2) is 0 Å². The summed E-state index contributed by atoms with van der Waals surface area (Å²) in [6.07, 6.45) is 5.67. The van der Waals surface area contributed by atoms with E-state index in [2.05, 4.69) is 5.16 Å². The van der Waals surface area contributed by atoms with Crippen LogP contribution in [0.1, 0.15) is 44.1 Å². The fraction of sp³-hybridized carbons (Fsp3) is 0.529. The van der Waals surface area contributed by atoms with Gasteiger partial charge in [-0.15, -0.1) is 0 Å². The molecule has 1 atom stereocenters. The number of hydrogen-bond acceptors (Lipinski definition) is 3. The van der Waals surface area contributed by atoms with Gasteiger partial charge in [-0.05, 0) is 30.5 Å². The van der Waals surface area contributed by atoms with Gasteiger partial charge in [0.05, 0.1) is 5.71 Å². The van der Waals surface area contributed by atoms with Crippen LogP contribution in [-0.4, -0.2) is 35.7 Å². The molecule has 0 radical (unpaired) electrons. The number of hydrogen-bond donors (Lipinski definition) is 0. The Bertz CT molecular complexity index is 565. The Labute approximate surface area is 129 Å². The van der Waals surface area contributed by atoms with Crippen molar-refractivity contribution in [2.75, 3.05) is 7.05 Å². The van der Waals surface area contributed by atoms with Crippen LogP contribution in [0.2, 0.25) is 0 Å². The Kier molecular flexibility index (Phi) is 4.41. The van der Waals surface area contributed by atoms with E-state index < -0.39 is 6.10 Å². The highest BCUT2D eigenvalue weighted by Crippen LogP contribution is 2.24. The van der Waals surface area contributed by atoms with Crippen LogP contribution in [0.4, 0.5) is 4.39 Å². The van der Waals surface area contributed by atoms with Gasteiger partial charge < -0.3 is 9.74 Å². The summed E-state index contributed by atoms with van der Waals surface area (Å²) in [7, 11) is 1.86. The number of benzene rings is 1. The number of carbonyl (C=O) groups is 1. The van der Waals surface area contributed by atoms with E-state index in [1.807, 2.05) is 11.9 Å². The number of amides is 1. The van der Waals surface area contributed by atoms with Crippen molar-refractivity contribution in [2.45, 2.75) is 50.7 Å². The zero-order valence-corrected chi connectivity index (χ0v) is 12.8. The summed E-state index contributed by atoms with van der Waals surface area (Å²) in [6.45, 7) is 0. The second-order valence-electron chi connectivity index (χ2n) is 6.08. The summed E-state index contributed by atoms with van der Waals surface area (Å²) in [5.74, 6) is -0.291. The number of carbonyl (C=O) groups excluding carboxylic acids is 1. The molecule has 118 valence electrons. The summed E-state index contributed by atoms with van der Waals surface area (Å²) in [5.41, 5.74) is 1.51. The standard InChI is InChI=1S/C17H21FN2O2/c1-20(14-5-3-2-4-6-14)17(21)16-11-15(19-22-16)12-7-9-13(18)10-8-12/h7-10,14,16H,2-6,11H2,1H3/t16-/m1/s1. The average molecular weight is 304 g/mol. The first-order chi connectivity index (χ1) is 10.6. The second-order valence-corrected chi connectivity index (χ2v) is 6.08. The van der Waals surface area contributed by atoms with Gasteiger partial charge in [-0.1, -0.05) is 36.6 Å². The van der Waals surface area contributed by atoms with E-state index in [1.54, 1.807) is 12.1 Å². The number of nitrogens with zero attached hydrogens (tertiary/aromatic N) is 2. The molecule has 1 saturated carbocycles. The van der Waals surface area contributed by atoms with Crippen molar-refractivity contribution in [2.24, 2.45) is 5.16 Å². The molecule has 0 saturated heterocycles. The van der Waals surface area contributed by atoms with Crippen molar-refractivity contribution in [3.05, 3.63) is 35.6 Å². The number of rotatable bonds is 3. The molecule has 5 heteroatoms. The molecule has 0 bridgehead atoms. The molecule has 1 aromatic rings. The van der Waals surface area contributed by atoms with Crippen molar-refractivity contribution in [1.29, 1.82) is 0 Å². The molecule has 0 unspecified atom stereocenters. The quantitative estimate of drug-likeness (QED) is 0.861. The van der Waals surface area contributed by atoms with Crippen LogP contribution in [0.15, 0.2) is 29.4 Å². The normalized spacial score (nSPS) is 22.1. The Hall–Kier alpha value is -1.91. The van der Waals surface area contributed by atoms with E-state index in [9.17, 15) is 9.18 Å². The first kappa shape index (κ1) is 15.0. The fourth-order valence-corrected chi connectivity index (χ4v) is 3.20. The molecule has 2 aliphatic rings. The lowest BCUT2D eigenvalue weighted by atomic mass is 9.94. The first-order valence-corrected chi connectivity index (χ1v) is 7.90. The zero-order valence-electron chi connectivity index (χ0n) is 12.8. The van der Waals surface area contributed by atoms with Crippen molar-refractivity contribution in [1.82, 2.24) is 4.90 Å². The van der Waals surface area contributed by atoms with Crippen LogP contribution in [0.25, 0.3) is 0 Å². The summed E-state index contributed by atoms with van der Waals surface area (Å²) >= 11 is 0. The molecule has 0 spiro atoms. The van der Waals surface area contributed by atoms with Gasteiger partial charge in [-0.3, -0.25) is 4.79 Å². The third-order valence-electron chi connectivity index (χ3n) is 4.59. The minimum Gasteiger partial charge on any atom is -0.382 e. The number of oxime groups is 1. The maximum Gasteiger partial charge on any atom is 0.266 e. The van der Waals surface area contributed by atoms with E-state index in [1.165, 1.54) is 31.4 Å². The lowest BCUT2D eigenvalue weighted by Crippen LogP contribution is -2.43. The monoisotopic (exact) mass is 304 g/mol. The predicted octanol–water partition coefficient (Wildman–Crippen LogP) is 3.11. The van der Waals surface area contributed by atoms with Crippen LogP contribution in [0.5, 0.6) is 0 Å². The lowest BCUT2D eigenvalue weighted by molar-refractivity contribution is -0.143. The topological polar surface area (TPSA) is 41.9 Å². The van der Waals surface area contributed by atoms with Gasteiger partial charge in [0.1, 0.15) is 5.82 Å². The molecule has 1 fully saturated rings. The lowest BCUT2D eigenvalue weighted by Gasteiger charge is -2.32. The first-order valence-electron chi connectivity index (χ1n) is 7.90. The molecule has 1 heterocycles. The smallest absolute Gasteiger partial charge is 0.266 e. The molecule has 3 rings (SSSR count). The highest BCUT2D eigenvalue weighted by molar-refractivity contribution is 6.04. The molecule has 0 aromatic heterocycles. The molecule has 1 aliphatic heterocycles. The molecule has 1 amide bonds. The van der Waals surface area contributed by atoms with E-state index >= 15 is 0 Å². The number of halogens is 1. The second kappa shape index (κ2) is 6.46. The molecule has 0 N–H and O–H groups in total. The Morgan fingerprint density at radius 2 is 1.91 bits per heavy atom. The highest BCUT2D eigenvalue weighted by Gasteiger charge is 2.33. The van der Waals surface area contributed by atoms with E-state index in [0.717, 1.165) is 18.4 Å². The Morgan fingerprint density at radius 1 is 1.23 bits per heavy atom.